The average molecular weight is 419 g/mol. The number of ether oxygens (including phenoxy) is 1. The second-order valence-electron chi connectivity index (χ2n) is 6.97. The van der Waals surface area contributed by atoms with Crippen LogP contribution in [0.1, 0.15) is 6.92 Å². The zero-order chi connectivity index (χ0) is 21.5. The van der Waals surface area contributed by atoms with Crippen LogP contribution in [-0.4, -0.2) is 58.9 Å². The first-order valence-electron chi connectivity index (χ1n) is 10.3. The fourth-order valence-corrected chi connectivity index (χ4v) is 3.33. The van der Waals surface area contributed by atoms with Crippen molar-refractivity contribution in [2.75, 3.05) is 48.3 Å². The lowest BCUT2D eigenvalue weighted by molar-refractivity contribution is 0.208. The van der Waals surface area contributed by atoms with Crippen molar-refractivity contribution >= 4 is 29.0 Å². The highest BCUT2D eigenvalue weighted by molar-refractivity contribution is 5.91. The van der Waals surface area contributed by atoms with E-state index in [1.807, 2.05) is 55.5 Å². The molecule has 31 heavy (non-hydrogen) atoms. The molecule has 1 aromatic carbocycles. The molecule has 9 nitrogen and oxygen atoms in total. The highest BCUT2D eigenvalue weighted by atomic mass is 16.5. The molecular weight excluding hydrogens is 394 g/mol. The van der Waals surface area contributed by atoms with Gasteiger partial charge in [0.15, 0.2) is 11.6 Å². The molecule has 0 unspecified atom stereocenters. The van der Waals surface area contributed by atoms with E-state index in [1.165, 1.54) is 0 Å². The number of carbonyl (C=O) groups excluding carboxylic acids is 1. The number of para-hydroxylation sites is 2. The minimum Gasteiger partial charge on any atom is -0.492 e. The second kappa shape index (κ2) is 9.75. The van der Waals surface area contributed by atoms with E-state index >= 15 is 0 Å². The van der Waals surface area contributed by atoms with Crippen LogP contribution < -0.4 is 20.3 Å². The fourth-order valence-electron chi connectivity index (χ4n) is 3.33. The Kier molecular flexibility index (Phi) is 6.41. The molecule has 2 amide bonds. The Morgan fingerprint density at radius 1 is 1.00 bits per heavy atom. The van der Waals surface area contributed by atoms with E-state index in [1.54, 1.807) is 17.3 Å². The summed E-state index contributed by atoms with van der Waals surface area (Å²) in [5, 5.41) is 14.7. The number of amides is 2. The molecular formula is C22H25N7O2. The predicted molar refractivity (Wildman–Crippen MR) is 120 cm³/mol. The summed E-state index contributed by atoms with van der Waals surface area (Å²) in [7, 11) is 0. The summed E-state index contributed by atoms with van der Waals surface area (Å²) in [5.74, 6) is 2.13. The lowest BCUT2D eigenvalue weighted by atomic mass is 10.3. The van der Waals surface area contributed by atoms with Crippen LogP contribution in [0.15, 0.2) is 60.9 Å². The van der Waals surface area contributed by atoms with Gasteiger partial charge in [-0.25, -0.2) is 4.79 Å². The second-order valence-corrected chi connectivity index (χ2v) is 6.97. The van der Waals surface area contributed by atoms with Crippen LogP contribution in [0.25, 0.3) is 0 Å². The minimum atomic E-state index is -0.130. The molecule has 0 saturated carbocycles. The van der Waals surface area contributed by atoms with Crippen LogP contribution >= 0.6 is 0 Å². The molecule has 0 bridgehead atoms. The van der Waals surface area contributed by atoms with Gasteiger partial charge in [-0.2, -0.15) is 0 Å². The topological polar surface area (TPSA) is 95.5 Å². The average Bonchev–Trinajstić information content (AvgIpc) is 2.82. The van der Waals surface area contributed by atoms with Crippen molar-refractivity contribution in [1.82, 2.24) is 20.1 Å². The summed E-state index contributed by atoms with van der Waals surface area (Å²) in [6, 6.07) is 14.9. The maximum atomic E-state index is 12.7. The summed E-state index contributed by atoms with van der Waals surface area (Å²) < 4.78 is 5.58. The van der Waals surface area contributed by atoms with E-state index in [-0.39, 0.29) is 6.03 Å². The van der Waals surface area contributed by atoms with Crippen LogP contribution in [0.2, 0.25) is 0 Å². The number of anilines is 4. The summed E-state index contributed by atoms with van der Waals surface area (Å²) >= 11 is 0. The lowest BCUT2D eigenvalue weighted by Gasteiger charge is -2.35. The molecule has 3 heterocycles. The van der Waals surface area contributed by atoms with E-state index in [4.69, 9.17) is 4.74 Å². The molecule has 160 valence electrons. The first-order chi connectivity index (χ1) is 15.2. The molecule has 1 aliphatic heterocycles. The Balaban J connectivity index is 1.31. The zero-order valence-corrected chi connectivity index (χ0v) is 17.4. The number of nitrogens with zero attached hydrogens (tertiary/aromatic N) is 5. The quantitative estimate of drug-likeness (QED) is 0.632. The molecule has 4 rings (SSSR count). The molecule has 1 aliphatic rings. The van der Waals surface area contributed by atoms with Crippen molar-refractivity contribution in [3.63, 3.8) is 0 Å². The number of aromatic nitrogens is 3. The van der Waals surface area contributed by atoms with E-state index in [0.717, 1.165) is 11.5 Å². The number of carbonyl (C=O) groups is 1. The molecule has 0 spiro atoms. The van der Waals surface area contributed by atoms with Crippen molar-refractivity contribution < 1.29 is 9.53 Å². The zero-order valence-electron chi connectivity index (χ0n) is 17.4. The molecule has 1 saturated heterocycles. The van der Waals surface area contributed by atoms with E-state index in [2.05, 4.69) is 30.7 Å². The number of benzene rings is 1. The monoisotopic (exact) mass is 419 g/mol. The van der Waals surface area contributed by atoms with Gasteiger partial charge >= 0.3 is 6.03 Å². The Morgan fingerprint density at radius 2 is 1.77 bits per heavy atom. The minimum absolute atomic E-state index is 0.130. The third-order valence-electron chi connectivity index (χ3n) is 4.92. The van der Waals surface area contributed by atoms with Gasteiger partial charge in [0.05, 0.1) is 12.3 Å². The van der Waals surface area contributed by atoms with Crippen molar-refractivity contribution in [2.45, 2.75) is 6.92 Å². The molecule has 1 fully saturated rings. The highest BCUT2D eigenvalue weighted by Gasteiger charge is 2.23. The van der Waals surface area contributed by atoms with Gasteiger partial charge < -0.3 is 25.2 Å². The highest BCUT2D eigenvalue weighted by Crippen LogP contribution is 2.24. The number of pyridine rings is 1. The number of piperazine rings is 1. The van der Waals surface area contributed by atoms with Gasteiger partial charge in [-0.15, -0.1) is 10.2 Å². The van der Waals surface area contributed by atoms with Crippen molar-refractivity contribution in [3.8, 4) is 5.75 Å². The van der Waals surface area contributed by atoms with Crippen molar-refractivity contribution in [1.29, 1.82) is 0 Å². The summed E-state index contributed by atoms with van der Waals surface area (Å²) in [6.45, 7) is 5.03. The Morgan fingerprint density at radius 3 is 2.48 bits per heavy atom. The lowest BCUT2D eigenvalue weighted by Crippen LogP contribution is -2.50. The van der Waals surface area contributed by atoms with Crippen LogP contribution in [0.4, 0.5) is 27.8 Å². The van der Waals surface area contributed by atoms with Gasteiger partial charge in [0.1, 0.15) is 5.75 Å². The molecule has 2 aromatic heterocycles. The normalized spacial score (nSPS) is 13.6. The first-order valence-corrected chi connectivity index (χ1v) is 10.3. The fraction of sp³-hybridized carbons (Fsp3) is 0.273. The van der Waals surface area contributed by atoms with Gasteiger partial charge in [0.2, 0.25) is 0 Å². The van der Waals surface area contributed by atoms with Gasteiger partial charge in [0.25, 0.3) is 0 Å². The molecule has 3 aromatic rings. The summed E-state index contributed by atoms with van der Waals surface area (Å²) in [4.78, 5) is 20.6. The smallest absolute Gasteiger partial charge is 0.322 e. The van der Waals surface area contributed by atoms with Crippen LogP contribution in [-0.2, 0) is 0 Å². The number of hydrogen-bond donors (Lipinski definition) is 2. The first kappa shape index (κ1) is 20.4. The van der Waals surface area contributed by atoms with Crippen molar-refractivity contribution in [3.05, 3.63) is 60.9 Å². The molecule has 0 radical (unpaired) electrons. The molecule has 2 N–H and O–H groups in total. The van der Waals surface area contributed by atoms with E-state index in [9.17, 15) is 4.79 Å². The van der Waals surface area contributed by atoms with Gasteiger partial charge in [0, 0.05) is 44.3 Å². The predicted octanol–water partition coefficient (Wildman–Crippen LogP) is 3.37. The standard InChI is InChI=1S/C22H25N7O2/c1-2-31-19-6-4-3-5-18(19)25-22(30)29-15-13-28(14-16-29)21-8-7-20(26-27-21)24-17-9-11-23-12-10-17/h3-12H,2,13-16H2,1H3,(H,25,30)(H,23,24,26). The van der Waals surface area contributed by atoms with Crippen LogP contribution in [0.5, 0.6) is 5.75 Å². The van der Waals surface area contributed by atoms with Crippen LogP contribution in [0.3, 0.4) is 0 Å². The Bertz CT molecular complexity index is 990. The number of hydrogen-bond acceptors (Lipinski definition) is 7. The number of urea groups is 1. The maximum Gasteiger partial charge on any atom is 0.322 e. The summed E-state index contributed by atoms with van der Waals surface area (Å²) in [6.07, 6.45) is 3.43. The SMILES string of the molecule is CCOc1ccccc1NC(=O)N1CCN(c2ccc(Nc3ccncc3)nn2)CC1. The van der Waals surface area contributed by atoms with Gasteiger partial charge in [-0.3, -0.25) is 4.98 Å². The Hall–Kier alpha value is -3.88. The van der Waals surface area contributed by atoms with Gasteiger partial charge in [-0.1, -0.05) is 12.1 Å². The summed E-state index contributed by atoms with van der Waals surface area (Å²) in [5.41, 5.74) is 1.59. The largest absolute Gasteiger partial charge is 0.492 e. The molecule has 9 heteroatoms. The third-order valence-corrected chi connectivity index (χ3v) is 4.92. The number of nitrogens with one attached hydrogen (secondary N) is 2. The number of rotatable bonds is 6. The van der Waals surface area contributed by atoms with Crippen LogP contribution in [0, 0.1) is 0 Å². The maximum absolute atomic E-state index is 12.7. The molecule has 0 atom stereocenters. The van der Waals surface area contributed by atoms with Gasteiger partial charge in [-0.05, 0) is 43.3 Å². The Labute approximate surface area is 181 Å². The van der Waals surface area contributed by atoms with Crippen molar-refractivity contribution in [2.24, 2.45) is 0 Å². The van der Waals surface area contributed by atoms with E-state index < -0.39 is 0 Å². The third kappa shape index (κ3) is 5.19. The van der Waals surface area contributed by atoms with E-state index in [0.29, 0.717) is 50.0 Å². The molecule has 0 aliphatic carbocycles.